The molecule has 4 aliphatic rings. The van der Waals surface area contributed by atoms with E-state index >= 15 is 0 Å². The summed E-state index contributed by atoms with van der Waals surface area (Å²) in [6, 6.07) is 0.523. The number of carbonyl (C=O) groups excluding carboxylic acids is 1. The number of hydrogen-bond acceptors (Lipinski definition) is 3. The molecule has 0 unspecified atom stereocenters. The molecule has 0 saturated carbocycles. The molecule has 19 heavy (non-hydrogen) atoms. The molecule has 0 aliphatic carbocycles. The average Bonchev–Trinajstić information content (AvgIpc) is 2.48. The summed E-state index contributed by atoms with van der Waals surface area (Å²) in [4.78, 5) is 17.0. The van der Waals surface area contributed by atoms with E-state index in [0.717, 1.165) is 25.6 Å². The van der Waals surface area contributed by atoms with Gasteiger partial charge in [0.05, 0.1) is 6.04 Å². The Labute approximate surface area is 116 Å². The molecule has 0 aromatic heterocycles. The van der Waals surface area contributed by atoms with Gasteiger partial charge >= 0.3 is 0 Å². The van der Waals surface area contributed by atoms with E-state index in [-0.39, 0.29) is 6.04 Å². The maximum atomic E-state index is 12.4. The highest BCUT2D eigenvalue weighted by Crippen LogP contribution is 2.27. The molecule has 4 saturated heterocycles. The van der Waals surface area contributed by atoms with Gasteiger partial charge in [-0.15, -0.1) is 0 Å². The summed E-state index contributed by atoms with van der Waals surface area (Å²) in [7, 11) is 0. The fourth-order valence-corrected chi connectivity index (χ4v) is 3.93. The number of fused-ring (bicyclic) bond motifs is 3. The predicted molar refractivity (Wildman–Crippen MR) is 76.0 cm³/mol. The Bertz CT molecular complexity index is 319. The van der Waals surface area contributed by atoms with Gasteiger partial charge in [0.25, 0.3) is 0 Å². The van der Waals surface area contributed by atoms with Crippen LogP contribution in [0.5, 0.6) is 0 Å². The first kappa shape index (κ1) is 13.4. The third-order valence-electron chi connectivity index (χ3n) is 5.16. The lowest BCUT2D eigenvalue weighted by atomic mass is 9.83. The second-order valence-corrected chi connectivity index (χ2v) is 6.52. The summed E-state index contributed by atoms with van der Waals surface area (Å²) in [5.74, 6) is 1.11. The summed E-state index contributed by atoms with van der Waals surface area (Å²) in [6.07, 6.45) is 6.26. The fraction of sp³-hybridized carbons (Fsp3) is 0.933. The second kappa shape index (κ2) is 5.80. The maximum absolute atomic E-state index is 12.4. The molecule has 4 rings (SSSR count). The second-order valence-electron chi connectivity index (χ2n) is 6.52. The monoisotopic (exact) mass is 265 g/mol. The highest BCUT2D eigenvalue weighted by Gasteiger charge is 2.35. The molecule has 108 valence electrons. The lowest BCUT2D eigenvalue weighted by Crippen LogP contribution is -2.60. The van der Waals surface area contributed by atoms with Gasteiger partial charge in [-0.05, 0) is 58.0 Å². The van der Waals surface area contributed by atoms with Gasteiger partial charge in [-0.2, -0.15) is 0 Å². The van der Waals surface area contributed by atoms with Crippen molar-refractivity contribution >= 4 is 5.91 Å². The minimum Gasteiger partial charge on any atom is -0.341 e. The van der Waals surface area contributed by atoms with Crippen LogP contribution in [-0.2, 0) is 4.79 Å². The van der Waals surface area contributed by atoms with E-state index in [2.05, 4.69) is 22.0 Å². The molecule has 0 aromatic carbocycles. The van der Waals surface area contributed by atoms with Crippen molar-refractivity contribution in [3.8, 4) is 0 Å². The summed E-state index contributed by atoms with van der Waals surface area (Å²) >= 11 is 0. The molecular weight excluding hydrogens is 238 g/mol. The zero-order valence-electron chi connectivity index (χ0n) is 12.1. The van der Waals surface area contributed by atoms with Crippen LogP contribution in [-0.4, -0.2) is 60.5 Å². The average molecular weight is 265 g/mol. The topological polar surface area (TPSA) is 35.6 Å². The molecule has 4 nitrogen and oxygen atoms in total. The van der Waals surface area contributed by atoms with Crippen molar-refractivity contribution in [2.75, 3.05) is 32.7 Å². The number of nitrogens with zero attached hydrogens (tertiary/aromatic N) is 2. The highest BCUT2D eigenvalue weighted by atomic mass is 16.2. The molecule has 0 aromatic rings. The first-order valence-corrected chi connectivity index (χ1v) is 8.01. The van der Waals surface area contributed by atoms with Crippen molar-refractivity contribution in [2.24, 2.45) is 5.92 Å². The maximum Gasteiger partial charge on any atom is 0.239 e. The van der Waals surface area contributed by atoms with Crippen molar-refractivity contribution in [3.63, 3.8) is 0 Å². The Balaban J connectivity index is 1.52. The summed E-state index contributed by atoms with van der Waals surface area (Å²) < 4.78 is 0. The smallest absolute Gasteiger partial charge is 0.239 e. The van der Waals surface area contributed by atoms with Gasteiger partial charge in [-0.1, -0.05) is 0 Å². The standard InChI is InChI=1S/C15H27N3O/c1-12(15(19)18-7-3-2-4-8-18)16-14-11-17-9-5-13(14)6-10-17/h12-14,16H,2-11H2,1H3/t12-,14+/m0/s1. The molecule has 1 amide bonds. The summed E-state index contributed by atoms with van der Waals surface area (Å²) in [5.41, 5.74) is 0. The van der Waals surface area contributed by atoms with Crippen LogP contribution in [0.15, 0.2) is 0 Å². The van der Waals surface area contributed by atoms with E-state index < -0.39 is 0 Å². The molecule has 4 aliphatic heterocycles. The minimum atomic E-state index is -0.0105. The van der Waals surface area contributed by atoms with Crippen molar-refractivity contribution in [1.29, 1.82) is 0 Å². The molecule has 0 radical (unpaired) electrons. The Morgan fingerprint density at radius 1 is 1.11 bits per heavy atom. The van der Waals surface area contributed by atoms with E-state index in [1.807, 2.05) is 0 Å². The lowest BCUT2D eigenvalue weighted by Gasteiger charge is -2.46. The molecule has 0 spiro atoms. The van der Waals surface area contributed by atoms with Crippen molar-refractivity contribution in [3.05, 3.63) is 0 Å². The van der Waals surface area contributed by atoms with Crippen LogP contribution in [0, 0.1) is 5.92 Å². The van der Waals surface area contributed by atoms with E-state index in [1.54, 1.807) is 0 Å². The zero-order valence-corrected chi connectivity index (χ0v) is 12.1. The Kier molecular flexibility index (Phi) is 4.08. The third kappa shape index (κ3) is 2.95. The van der Waals surface area contributed by atoms with Gasteiger partial charge < -0.3 is 15.1 Å². The number of likely N-dealkylation sites (tertiary alicyclic amines) is 1. The minimum absolute atomic E-state index is 0.0105. The molecule has 4 heteroatoms. The Hall–Kier alpha value is -0.610. The first-order chi connectivity index (χ1) is 9.24. The van der Waals surface area contributed by atoms with Crippen LogP contribution in [0.1, 0.15) is 39.0 Å². The van der Waals surface area contributed by atoms with Gasteiger partial charge in [0.15, 0.2) is 0 Å². The Morgan fingerprint density at radius 2 is 1.79 bits per heavy atom. The molecule has 2 atom stereocenters. The van der Waals surface area contributed by atoms with Crippen molar-refractivity contribution in [1.82, 2.24) is 15.1 Å². The van der Waals surface area contributed by atoms with Crippen LogP contribution < -0.4 is 5.32 Å². The summed E-state index contributed by atoms with van der Waals surface area (Å²) in [5, 5.41) is 3.61. The van der Waals surface area contributed by atoms with Crippen LogP contribution in [0.2, 0.25) is 0 Å². The third-order valence-corrected chi connectivity index (χ3v) is 5.16. The normalized spacial score (nSPS) is 36.3. The van der Waals surface area contributed by atoms with Crippen molar-refractivity contribution < 1.29 is 4.79 Å². The molecule has 2 bridgehead atoms. The number of hydrogen-bond donors (Lipinski definition) is 1. The van der Waals surface area contributed by atoms with Gasteiger partial charge in [0.1, 0.15) is 0 Å². The SMILES string of the molecule is C[C@H](N[C@@H]1CN2CCC1CC2)C(=O)N1CCCCC1. The van der Waals surface area contributed by atoms with Crippen LogP contribution in [0.4, 0.5) is 0 Å². The molecule has 1 N–H and O–H groups in total. The van der Waals surface area contributed by atoms with Gasteiger partial charge in [0.2, 0.25) is 5.91 Å². The fourth-order valence-electron chi connectivity index (χ4n) is 3.93. The predicted octanol–water partition coefficient (Wildman–Crippen LogP) is 1.07. The number of rotatable bonds is 3. The molecule has 4 fully saturated rings. The lowest BCUT2D eigenvalue weighted by molar-refractivity contribution is -0.134. The highest BCUT2D eigenvalue weighted by molar-refractivity contribution is 5.81. The van der Waals surface area contributed by atoms with Crippen LogP contribution >= 0.6 is 0 Å². The summed E-state index contributed by atoms with van der Waals surface area (Å²) in [6.45, 7) is 7.64. The van der Waals surface area contributed by atoms with E-state index in [4.69, 9.17) is 0 Å². The number of piperidine rings is 4. The number of nitrogens with one attached hydrogen (secondary N) is 1. The molecular formula is C15H27N3O. The van der Waals surface area contributed by atoms with Gasteiger partial charge in [-0.25, -0.2) is 0 Å². The van der Waals surface area contributed by atoms with E-state index in [0.29, 0.717) is 11.9 Å². The van der Waals surface area contributed by atoms with E-state index in [1.165, 1.54) is 45.2 Å². The Morgan fingerprint density at radius 3 is 2.37 bits per heavy atom. The number of carbonyl (C=O) groups is 1. The van der Waals surface area contributed by atoms with E-state index in [9.17, 15) is 4.79 Å². The largest absolute Gasteiger partial charge is 0.341 e. The first-order valence-electron chi connectivity index (χ1n) is 8.01. The quantitative estimate of drug-likeness (QED) is 0.829. The molecule has 4 heterocycles. The number of amides is 1. The van der Waals surface area contributed by atoms with Crippen LogP contribution in [0.3, 0.4) is 0 Å². The van der Waals surface area contributed by atoms with Gasteiger partial charge in [0, 0.05) is 25.7 Å². The van der Waals surface area contributed by atoms with Crippen LogP contribution in [0.25, 0.3) is 0 Å². The van der Waals surface area contributed by atoms with Crippen molar-refractivity contribution in [2.45, 2.75) is 51.1 Å². The van der Waals surface area contributed by atoms with Gasteiger partial charge in [-0.3, -0.25) is 4.79 Å². The zero-order chi connectivity index (χ0) is 13.2.